The van der Waals surface area contributed by atoms with Crippen molar-refractivity contribution in [3.05, 3.63) is 29.5 Å². The number of halogens is 2. The third-order valence-electron chi connectivity index (χ3n) is 5.03. The zero-order chi connectivity index (χ0) is 14.3. The van der Waals surface area contributed by atoms with E-state index < -0.39 is 5.41 Å². The Morgan fingerprint density at radius 1 is 0.870 bits per heavy atom. The minimum absolute atomic E-state index is 0. The third kappa shape index (κ3) is 7.34. The van der Waals surface area contributed by atoms with Crippen LogP contribution < -0.4 is 0 Å². The Morgan fingerprint density at radius 2 is 1.30 bits per heavy atom. The number of nitrogens with one attached hydrogen (secondary N) is 1. The van der Waals surface area contributed by atoms with Gasteiger partial charge in [0.1, 0.15) is 0 Å². The summed E-state index contributed by atoms with van der Waals surface area (Å²) in [4.78, 5) is 12.1. The minimum atomic E-state index is -0.470. The van der Waals surface area contributed by atoms with E-state index in [4.69, 9.17) is 5.73 Å². The molecule has 0 atom stereocenters. The van der Waals surface area contributed by atoms with Crippen molar-refractivity contribution < 1.29 is 26.5 Å². The van der Waals surface area contributed by atoms with Gasteiger partial charge in [0.2, 0.25) is 0 Å². The summed E-state index contributed by atoms with van der Waals surface area (Å²) in [5.74, 6) is -0.343. The van der Waals surface area contributed by atoms with Gasteiger partial charge >= 0.3 is 0 Å². The van der Waals surface area contributed by atoms with E-state index in [1.54, 1.807) is 0 Å². The Bertz CT molecular complexity index is 384. The third-order valence-corrected chi connectivity index (χ3v) is 5.03. The van der Waals surface area contributed by atoms with E-state index in [1.807, 2.05) is 0 Å². The summed E-state index contributed by atoms with van der Waals surface area (Å²) in [7, 11) is 0. The monoisotopic (exact) mass is 394 g/mol. The molecule has 0 radical (unpaired) electrons. The molecule has 0 bridgehead atoms. The predicted octanol–water partition coefficient (Wildman–Crippen LogP) is 6.58. The van der Waals surface area contributed by atoms with Crippen LogP contribution in [0.4, 0.5) is 0 Å². The second kappa shape index (κ2) is 13.5. The van der Waals surface area contributed by atoms with Gasteiger partial charge in [-0.15, -0.1) is 24.8 Å². The van der Waals surface area contributed by atoms with Gasteiger partial charge in [0, 0.05) is 27.1 Å². The molecule has 0 aromatic rings. The van der Waals surface area contributed by atoms with Gasteiger partial charge in [-0.1, -0.05) is 81.6 Å². The molecule has 23 heavy (non-hydrogen) atoms. The Kier molecular flexibility index (Phi) is 15.0. The summed E-state index contributed by atoms with van der Waals surface area (Å²) < 4.78 is 0. The zero-order valence-electron chi connectivity index (χ0n) is 13.9. The topological polar surface area (TPSA) is 40.9 Å². The summed E-state index contributed by atoms with van der Waals surface area (Å²) in [5, 5.41) is 0. The molecule has 2 nitrogen and oxygen atoms in total. The maximum absolute atomic E-state index is 12.1. The summed E-state index contributed by atoms with van der Waals surface area (Å²) in [5.41, 5.74) is 8.60. The number of carbonyl (C=O) groups excluding carboxylic acids is 1. The van der Waals surface area contributed by atoms with Gasteiger partial charge in [-0.3, -0.25) is 0 Å². The number of carbonyl (C=O) groups is 1. The second-order valence-corrected chi connectivity index (χ2v) is 6.42. The first kappa shape index (κ1) is 25.5. The van der Waals surface area contributed by atoms with E-state index in [2.05, 4.69) is 18.2 Å². The molecule has 0 aromatic heterocycles. The van der Waals surface area contributed by atoms with Crippen LogP contribution >= 0.6 is 24.8 Å². The van der Waals surface area contributed by atoms with Crippen molar-refractivity contribution in [2.75, 3.05) is 0 Å². The predicted molar refractivity (Wildman–Crippen MR) is 98.9 cm³/mol. The van der Waals surface area contributed by atoms with Crippen molar-refractivity contribution in [1.29, 1.82) is 0 Å². The maximum atomic E-state index is 12.1. The molecule has 0 saturated heterocycles. The SMILES string of the molecule is Cl.Cl.[NH-]C(=O)C1(C2=CC=CC2)CCCCCCCCCCC1.[Ti]. The van der Waals surface area contributed by atoms with Crippen LogP contribution in [0.15, 0.2) is 23.8 Å². The maximum Gasteiger partial charge on any atom is 0.0592 e. The largest absolute Gasteiger partial charge is 0.667 e. The van der Waals surface area contributed by atoms with E-state index in [0.717, 1.165) is 32.1 Å². The molecule has 1 saturated carbocycles. The van der Waals surface area contributed by atoms with Crippen LogP contribution in [-0.2, 0) is 26.5 Å². The van der Waals surface area contributed by atoms with Crippen molar-refractivity contribution in [3.63, 3.8) is 0 Å². The number of allylic oxidation sites excluding steroid dienone is 3. The summed E-state index contributed by atoms with van der Waals surface area (Å²) >= 11 is 0. The molecular formula is C18H30Cl2NOTi-. The molecule has 0 unspecified atom stereocenters. The molecule has 1 amide bonds. The number of rotatable bonds is 2. The molecule has 1 N–H and O–H groups in total. The molecule has 0 heterocycles. The Hall–Kier alpha value is 0.244. The van der Waals surface area contributed by atoms with Crippen molar-refractivity contribution in [3.8, 4) is 0 Å². The molecule has 2 aliphatic rings. The van der Waals surface area contributed by atoms with Gasteiger partial charge in [-0.25, -0.2) is 0 Å². The van der Waals surface area contributed by atoms with E-state index in [1.165, 1.54) is 50.5 Å². The minimum Gasteiger partial charge on any atom is -0.667 e. The first-order valence-electron chi connectivity index (χ1n) is 8.38. The average molecular weight is 395 g/mol. The summed E-state index contributed by atoms with van der Waals surface area (Å²) in [6.45, 7) is 0. The smallest absolute Gasteiger partial charge is 0.0592 e. The Balaban J connectivity index is 0. The summed E-state index contributed by atoms with van der Waals surface area (Å²) in [6, 6.07) is 0. The zero-order valence-corrected chi connectivity index (χ0v) is 17.1. The van der Waals surface area contributed by atoms with Gasteiger partial charge in [-0.2, -0.15) is 0 Å². The van der Waals surface area contributed by atoms with Gasteiger partial charge in [0.15, 0.2) is 0 Å². The molecule has 5 heteroatoms. The molecule has 0 spiro atoms. The van der Waals surface area contributed by atoms with Crippen LogP contribution in [0, 0.1) is 5.41 Å². The first-order valence-corrected chi connectivity index (χ1v) is 8.38. The van der Waals surface area contributed by atoms with Crippen molar-refractivity contribution in [2.45, 2.75) is 77.0 Å². The van der Waals surface area contributed by atoms with Crippen LogP contribution in [-0.4, -0.2) is 5.91 Å². The van der Waals surface area contributed by atoms with Crippen LogP contribution in [0.2, 0.25) is 0 Å². The van der Waals surface area contributed by atoms with Gasteiger partial charge in [0.05, 0.1) is 5.91 Å². The van der Waals surface area contributed by atoms with E-state index in [0.29, 0.717) is 0 Å². The molecule has 0 aliphatic heterocycles. The normalized spacial score (nSPS) is 21.3. The van der Waals surface area contributed by atoms with Gasteiger partial charge in [0.25, 0.3) is 0 Å². The fraction of sp³-hybridized carbons (Fsp3) is 0.722. The first-order chi connectivity index (χ1) is 9.76. The van der Waals surface area contributed by atoms with E-state index in [9.17, 15) is 4.79 Å². The molecule has 2 aliphatic carbocycles. The average Bonchev–Trinajstić information content (AvgIpc) is 2.93. The van der Waals surface area contributed by atoms with Crippen LogP contribution in [0.25, 0.3) is 5.73 Å². The van der Waals surface area contributed by atoms with Crippen LogP contribution in [0.3, 0.4) is 0 Å². The Morgan fingerprint density at radius 3 is 1.65 bits per heavy atom. The van der Waals surface area contributed by atoms with Crippen molar-refractivity contribution in [1.82, 2.24) is 0 Å². The summed E-state index contributed by atoms with van der Waals surface area (Å²) in [6.07, 6.45) is 20.2. The molecule has 2 rings (SSSR count). The fourth-order valence-corrected chi connectivity index (χ4v) is 3.71. The van der Waals surface area contributed by atoms with E-state index in [-0.39, 0.29) is 52.4 Å². The van der Waals surface area contributed by atoms with Gasteiger partial charge in [-0.05, 0) is 19.3 Å². The molecule has 0 aromatic carbocycles. The quantitative estimate of drug-likeness (QED) is 0.487. The number of amides is 1. The number of hydrogen-bond acceptors (Lipinski definition) is 1. The molecule has 132 valence electrons. The second-order valence-electron chi connectivity index (χ2n) is 6.42. The van der Waals surface area contributed by atoms with Crippen LogP contribution in [0.1, 0.15) is 77.0 Å². The fourth-order valence-electron chi connectivity index (χ4n) is 3.71. The molecular weight excluding hydrogens is 365 g/mol. The van der Waals surface area contributed by atoms with Gasteiger partial charge < -0.3 is 10.5 Å². The molecule has 1 fully saturated rings. The van der Waals surface area contributed by atoms with Crippen LogP contribution in [0.5, 0.6) is 0 Å². The standard InChI is InChI=1S/C18H29NO.2ClH.Ti/c19-17(20)18(16-12-8-9-13-16)14-10-6-4-2-1-3-5-7-11-15-18;;;/h8-9,12H,1-7,10-11,13-15H2,(H2,19,20);2*1H;/p-1. The Labute approximate surface area is 168 Å². The van der Waals surface area contributed by atoms with Crippen molar-refractivity contribution in [2.24, 2.45) is 5.41 Å². The van der Waals surface area contributed by atoms with Crippen molar-refractivity contribution >= 4 is 30.7 Å². The number of hydrogen-bond donors (Lipinski definition) is 0. The van der Waals surface area contributed by atoms with E-state index >= 15 is 0 Å².